The molecule has 3 unspecified atom stereocenters. The van der Waals surface area contributed by atoms with E-state index in [1.807, 2.05) is 66.0 Å². The summed E-state index contributed by atoms with van der Waals surface area (Å²) in [6.07, 6.45) is -0.170. The van der Waals surface area contributed by atoms with Crippen LogP contribution in [0.1, 0.15) is 17.4 Å². The molecule has 0 spiro atoms. The Hall–Kier alpha value is -4.08. The molecule has 11 heteroatoms. The van der Waals surface area contributed by atoms with Gasteiger partial charge < -0.3 is 19.7 Å². The van der Waals surface area contributed by atoms with Gasteiger partial charge in [-0.2, -0.15) is 0 Å². The van der Waals surface area contributed by atoms with Gasteiger partial charge in [0.15, 0.2) is 5.78 Å². The summed E-state index contributed by atoms with van der Waals surface area (Å²) in [5, 5.41) is 1.87. The second-order valence-corrected chi connectivity index (χ2v) is 14.2. The first-order valence-electron chi connectivity index (χ1n) is 14.4. The average Bonchev–Trinajstić information content (AvgIpc) is 3.60. The maximum absolute atomic E-state index is 14.5. The van der Waals surface area contributed by atoms with Crippen molar-refractivity contribution in [3.05, 3.63) is 113 Å². The molecule has 1 aromatic heterocycles. The maximum Gasteiger partial charge on any atom is 0.333 e. The highest BCUT2D eigenvalue weighted by atomic mass is 32.1. The number of anilines is 1. The van der Waals surface area contributed by atoms with Gasteiger partial charge in [0, 0.05) is 23.8 Å². The summed E-state index contributed by atoms with van der Waals surface area (Å²) >= 11 is 1.43. The van der Waals surface area contributed by atoms with Crippen molar-refractivity contribution < 1.29 is 32.9 Å². The lowest BCUT2D eigenvalue weighted by atomic mass is 10.0. The fourth-order valence-electron chi connectivity index (χ4n) is 4.94. The van der Waals surface area contributed by atoms with Crippen LogP contribution in [0.25, 0.3) is 11.1 Å². The largest absolute Gasteiger partial charge is 0.467 e. The molecule has 4 atom stereocenters. The minimum Gasteiger partial charge on any atom is -0.467 e. The van der Waals surface area contributed by atoms with Crippen LogP contribution in [-0.2, 0) is 46.0 Å². The van der Waals surface area contributed by atoms with Crippen molar-refractivity contribution in [2.24, 2.45) is 11.7 Å². The Morgan fingerprint density at radius 1 is 0.844 bits per heavy atom. The summed E-state index contributed by atoms with van der Waals surface area (Å²) in [7, 11) is -1.54. The number of ether oxygens (including phenoxy) is 2. The van der Waals surface area contributed by atoms with E-state index >= 15 is 0 Å². The molecular weight excluding hydrogens is 611 g/mol. The van der Waals surface area contributed by atoms with E-state index in [1.54, 1.807) is 43.3 Å². The third-order valence-electron chi connectivity index (χ3n) is 7.47. The summed E-state index contributed by atoms with van der Waals surface area (Å²) in [5.74, 6) is -4.61. The number of thiophene rings is 1. The van der Waals surface area contributed by atoms with Gasteiger partial charge in [-0.05, 0) is 53.6 Å². The van der Waals surface area contributed by atoms with E-state index in [-0.39, 0.29) is 19.2 Å². The molecule has 236 valence electrons. The third-order valence-corrected chi connectivity index (χ3v) is 11.0. The predicted molar refractivity (Wildman–Crippen MR) is 176 cm³/mol. The Bertz CT molecular complexity index is 1600. The van der Waals surface area contributed by atoms with E-state index in [1.165, 1.54) is 30.5 Å². The number of hydrogen-bond acceptors (Lipinski definition) is 9. The first-order chi connectivity index (χ1) is 21.7. The van der Waals surface area contributed by atoms with Gasteiger partial charge in [0.25, 0.3) is 0 Å². The zero-order valence-electron chi connectivity index (χ0n) is 25.4. The molecule has 1 amide bonds. The topological polar surface area (TPSA) is 125 Å². The number of carbonyl (C=O) groups is 3. The maximum atomic E-state index is 14.5. The first kappa shape index (κ1) is 33.8. The van der Waals surface area contributed by atoms with Crippen LogP contribution in [0.4, 0.5) is 5.69 Å². The number of nitrogens with zero attached hydrogens (tertiary/aromatic N) is 1. The van der Waals surface area contributed by atoms with E-state index in [4.69, 9.17) is 19.7 Å². The number of hydrogen-bond donors (Lipinski definition) is 1. The molecule has 0 radical (unpaired) electrons. The van der Waals surface area contributed by atoms with Gasteiger partial charge in [0.1, 0.15) is 12.6 Å². The summed E-state index contributed by atoms with van der Waals surface area (Å²) in [6, 6.07) is 28.7. The van der Waals surface area contributed by atoms with Gasteiger partial charge in [0.05, 0.1) is 13.0 Å². The minimum atomic E-state index is -3.99. The quantitative estimate of drug-likeness (QED) is 0.128. The third kappa shape index (κ3) is 8.55. The van der Waals surface area contributed by atoms with Crippen LogP contribution >= 0.6 is 18.7 Å². The Balaban J connectivity index is 1.65. The fraction of sp³-hybridized carbons (Fsp3) is 0.265. The lowest BCUT2D eigenvalue weighted by Gasteiger charge is -2.33. The van der Waals surface area contributed by atoms with Crippen LogP contribution in [-0.4, -0.2) is 50.1 Å². The molecule has 3 aromatic carbocycles. The summed E-state index contributed by atoms with van der Waals surface area (Å²) in [5.41, 5.74) is 9.33. The average molecular weight is 649 g/mol. The second-order valence-electron chi connectivity index (χ2n) is 10.4. The van der Waals surface area contributed by atoms with Crippen molar-refractivity contribution in [1.82, 2.24) is 0 Å². The van der Waals surface area contributed by atoms with Crippen molar-refractivity contribution >= 4 is 42.2 Å². The van der Waals surface area contributed by atoms with Crippen molar-refractivity contribution in [2.75, 3.05) is 25.3 Å². The molecule has 1 heterocycles. The van der Waals surface area contributed by atoms with Crippen LogP contribution in [0.3, 0.4) is 0 Å². The molecule has 0 fully saturated rings. The molecule has 0 aliphatic heterocycles. The molecule has 0 aliphatic rings. The van der Waals surface area contributed by atoms with Crippen molar-refractivity contribution in [2.45, 2.75) is 31.8 Å². The van der Waals surface area contributed by atoms with E-state index < -0.39 is 43.0 Å². The highest BCUT2D eigenvalue weighted by molar-refractivity contribution is 7.60. The number of rotatable bonds is 14. The van der Waals surface area contributed by atoms with Crippen LogP contribution in [0.2, 0.25) is 0 Å². The SMILES string of the molecule is COC(=O)[C@H](C)N(C(=O)C(Cc1cccs1)CP(=O)(OC)C(N)C(=O)OCc1ccccc1)c1ccc(-c2ccccc2)cc1. The molecule has 0 bridgehead atoms. The van der Waals surface area contributed by atoms with Gasteiger partial charge >= 0.3 is 11.9 Å². The van der Waals surface area contributed by atoms with Crippen LogP contribution in [0.5, 0.6) is 0 Å². The number of amides is 1. The fourth-order valence-corrected chi connectivity index (χ4v) is 7.63. The Kier molecular flexibility index (Phi) is 11.8. The second kappa shape index (κ2) is 15.8. The molecule has 45 heavy (non-hydrogen) atoms. The Morgan fingerprint density at radius 2 is 1.47 bits per heavy atom. The molecule has 0 saturated heterocycles. The normalized spacial score (nSPS) is 14.4. The Labute approximate surface area is 267 Å². The minimum absolute atomic E-state index is 0.0575. The van der Waals surface area contributed by atoms with Gasteiger partial charge in [-0.25, -0.2) is 9.59 Å². The van der Waals surface area contributed by atoms with Gasteiger partial charge in [-0.15, -0.1) is 11.3 Å². The molecule has 9 nitrogen and oxygen atoms in total. The Morgan fingerprint density at radius 3 is 2.04 bits per heavy atom. The first-order valence-corrected chi connectivity index (χ1v) is 17.1. The zero-order valence-corrected chi connectivity index (χ0v) is 27.1. The smallest absolute Gasteiger partial charge is 0.333 e. The van der Waals surface area contributed by atoms with Crippen molar-refractivity contribution in [3.8, 4) is 11.1 Å². The summed E-state index contributed by atoms with van der Waals surface area (Å²) in [4.78, 5) is 42.5. The highest BCUT2D eigenvalue weighted by Crippen LogP contribution is 2.52. The number of benzene rings is 3. The highest BCUT2D eigenvalue weighted by Gasteiger charge is 2.43. The van der Waals surface area contributed by atoms with E-state index in [2.05, 4.69) is 0 Å². The van der Waals surface area contributed by atoms with Gasteiger partial charge in [0.2, 0.25) is 13.3 Å². The monoisotopic (exact) mass is 648 g/mol. The van der Waals surface area contributed by atoms with E-state index in [9.17, 15) is 18.9 Å². The van der Waals surface area contributed by atoms with Crippen molar-refractivity contribution in [1.29, 1.82) is 0 Å². The predicted octanol–water partition coefficient (Wildman–Crippen LogP) is 6.12. The standard InChI is InChI=1S/C34H37N2O7PS/c1-24(33(38)41-2)36(29-18-16-27(17-19-29)26-13-8-5-9-14-26)32(37)28(21-30-15-10-20-45-30)23-44(40,42-3)31(35)34(39)43-22-25-11-6-4-7-12-25/h4-20,24,28,31H,21-23,35H2,1-3H3/t24-,28?,31?,44?/m0/s1. The van der Waals surface area contributed by atoms with E-state index in [0.717, 1.165) is 21.6 Å². The molecule has 2 N–H and O–H groups in total. The van der Waals surface area contributed by atoms with Gasteiger partial charge in [-0.1, -0.05) is 78.9 Å². The lowest BCUT2D eigenvalue weighted by molar-refractivity contribution is -0.144. The number of methoxy groups -OCH3 is 1. The molecule has 4 aromatic rings. The van der Waals surface area contributed by atoms with Crippen LogP contribution < -0.4 is 10.6 Å². The number of carbonyl (C=O) groups excluding carboxylic acids is 3. The molecule has 0 saturated carbocycles. The lowest BCUT2D eigenvalue weighted by Crippen LogP contribution is -2.48. The van der Waals surface area contributed by atoms with Crippen LogP contribution in [0.15, 0.2) is 102 Å². The summed E-state index contributed by atoms with van der Waals surface area (Å²) in [6.45, 7) is 1.51. The number of nitrogens with two attached hydrogens (primary N) is 1. The summed E-state index contributed by atoms with van der Waals surface area (Å²) < 4.78 is 30.0. The van der Waals surface area contributed by atoms with E-state index in [0.29, 0.717) is 5.69 Å². The van der Waals surface area contributed by atoms with Gasteiger partial charge in [-0.3, -0.25) is 14.3 Å². The molecule has 0 aliphatic carbocycles. The zero-order chi connectivity index (χ0) is 32.4. The van der Waals surface area contributed by atoms with Crippen LogP contribution in [0, 0.1) is 5.92 Å². The van der Waals surface area contributed by atoms with Crippen molar-refractivity contribution in [3.63, 3.8) is 0 Å². The number of esters is 2. The molecule has 4 rings (SSSR count). The molecular formula is C34H37N2O7PS.